The predicted molar refractivity (Wildman–Crippen MR) is 85.7 cm³/mol. The number of hydrogen-bond donors (Lipinski definition) is 3. The van der Waals surface area contributed by atoms with Gasteiger partial charge in [-0.3, -0.25) is 14.9 Å². The average Bonchev–Trinajstić information content (AvgIpc) is 3.12. The molecule has 122 valence electrons. The molecule has 1 aromatic carbocycles. The van der Waals surface area contributed by atoms with Gasteiger partial charge in [-0.25, -0.2) is 4.79 Å². The van der Waals surface area contributed by atoms with E-state index in [4.69, 9.17) is 9.52 Å². The van der Waals surface area contributed by atoms with E-state index in [9.17, 15) is 19.5 Å². The fourth-order valence-electron chi connectivity index (χ4n) is 2.16. The molecule has 0 aliphatic carbocycles. The second-order valence-electron chi connectivity index (χ2n) is 4.92. The lowest BCUT2D eigenvalue weighted by Gasteiger charge is -2.02. The van der Waals surface area contributed by atoms with Gasteiger partial charge in [0.25, 0.3) is 11.1 Å². The molecule has 0 radical (unpaired) electrons. The molecule has 2 amide bonds. The topological polar surface area (TPSA) is 117 Å². The van der Waals surface area contributed by atoms with Crippen LogP contribution in [0.4, 0.5) is 4.79 Å². The molecule has 0 spiro atoms. The van der Waals surface area contributed by atoms with Crippen molar-refractivity contribution in [3.05, 3.63) is 52.6 Å². The van der Waals surface area contributed by atoms with Crippen molar-refractivity contribution in [2.45, 2.75) is 6.42 Å². The third-order valence-electron chi connectivity index (χ3n) is 3.30. The highest BCUT2D eigenvalue weighted by Gasteiger charge is 2.24. The van der Waals surface area contributed by atoms with E-state index in [-0.39, 0.29) is 11.3 Å². The Morgan fingerprint density at radius 2 is 2.04 bits per heavy atom. The van der Waals surface area contributed by atoms with Gasteiger partial charge < -0.3 is 14.6 Å². The molecular weight excluding hydrogens is 334 g/mol. The number of benzene rings is 1. The molecule has 3 N–H and O–H groups in total. The molecule has 1 fully saturated rings. The highest BCUT2D eigenvalue weighted by atomic mass is 32.2. The quantitative estimate of drug-likeness (QED) is 0.729. The normalized spacial score (nSPS) is 15.8. The molecule has 0 atom stereocenters. The summed E-state index contributed by atoms with van der Waals surface area (Å²) in [6.07, 6.45) is 1.90. The van der Waals surface area contributed by atoms with Crippen LogP contribution < -0.4 is 5.32 Å². The molecule has 2 heterocycles. The van der Waals surface area contributed by atoms with Crippen molar-refractivity contribution >= 4 is 28.9 Å². The summed E-state index contributed by atoms with van der Waals surface area (Å²) in [5.74, 6) is -1.00. The van der Waals surface area contributed by atoms with E-state index in [2.05, 4.69) is 5.32 Å². The van der Waals surface area contributed by atoms with Crippen LogP contribution in [-0.2, 0) is 11.2 Å². The number of carboxylic acid groups (broad SMARTS) is 1. The first-order valence-electron chi connectivity index (χ1n) is 6.83. The summed E-state index contributed by atoms with van der Waals surface area (Å²) < 4.78 is 5.62. The molecule has 8 heteroatoms. The second-order valence-corrected chi connectivity index (χ2v) is 5.93. The van der Waals surface area contributed by atoms with Crippen LogP contribution in [-0.4, -0.2) is 27.3 Å². The highest BCUT2D eigenvalue weighted by Crippen LogP contribution is 2.28. The number of rotatable bonds is 4. The Balaban J connectivity index is 1.80. The first-order valence-corrected chi connectivity index (χ1v) is 7.64. The Kier molecular flexibility index (Phi) is 4.13. The summed E-state index contributed by atoms with van der Waals surface area (Å²) in [7, 11) is 0. The standard InChI is InChI=1S/C16H11NO6S/c18-11-4-1-8(7-10(11)15(20)21)12-5-2-9(23-12)3-6-13-14(19)17-16(22)24-13/h1-2,4-7,18H,3H2,(H,20,21)(H,17,19,22). The molecule has 0 unspecified atom stereocenters. The van der Waals surface area contributed by atoms with E-state index in [1.165, 1.54) is 12.1 Å². The molecule has 1 aliphatic heterocycles. The zero-order valence-corrected chi connectivity index (χ0v) is 12.9. The molecule has 1 aromatic heterocycles. The number of carboxylic acids is 1. The third-order valence-corrected chi connectivity index (χ3v) is 4.16. The number of allylic oxidation sites excluding steroid dienone is 1. The van der Waals surface area contributed by atoms with Crippen LogP contribution >= 0.6 is 11.8 Å². The van der Waals surface area contributed by atoms with Crippen LogP contribution in [0.1, 0.15) is 16.1 Å². The fourth-order valence-corrected chi connectivity index (χ4v) is 2.81. The number of carbonyl (C=O) groups is 3. The largest absolute Gasteiger partial charge is 0.507 e. The Morgan fingerprint density at radius 3 is 2.71 bits per heavy atom. The SMILES string of the molecule is O=C1NC(=O)C(=CCc2ccc(-c3ccc(O)c(C(=O)O)c3)o2)S1. The van der Waals surface area contributed by atoms with Gasteiger partial charge in [-0.15, -0.1) is 0 Å². The van der Waals surface area contributed by atoms with Crippen molar-refractivity contribution < 1.29 is 29.0 Å². The van der Waals surface area contributed by atoms with Crippen LogP contribution in [0.15, 0.2) is 45.7 Å². The van der Waals surface area contributed by atoms with Crippen LogP contribution in [0, 0.1) is 0 Å². The van der Waals surface area contributed by atoms with E-state index < -0.39 is 17.1 Å². The summed E-state index contributed by atoms with van der Waals surface area (Å²) in [5, 5.41) is 20.3. The molecule has 1 aliphatic rings. The molecule has 3 rings (SSSR count). The summed E-state index contributed by atoms with van der Waals surface area (Å²) in [4.78, 5) is 33.9. The molecule has 24 heavy (non-hydrogen) atoms. The zero-order chi connectivity index (χ0) is 17.3. The van der Waals surface area contributed by atoms with Gasteiger partial charge in [0.05, 0.1) is 4.91 Å². The van der Waals surface area contributed by atoms with Crippen molar-refractivity contribution in [1.29, 1.82) is 0 Å². The Morgan fingerprint density at radius 1 is 1.25 bits per heavy atom. The minimum atomic E-state index is -1.24. The van der Waals surface area contributed by atoms with Crippen molar-refractivity contribution in [2.75, 3.05) is 0 Å². The smallest absolute Gasteiger partial charge is 0.339 e. The van der Waals surface area contributed by atoms with Gasteiger partial charge in [-0.1, -0.05) is 6.08 Å². The van der Waals surface area contributed by atoms with Crippen molar-refractivity contribution in [3.8, 4) is 17.1 Å². The number of aromatic carboxylic acids is 1. The van der Waals surface area contributed by atoms with Crippen LogP contribution in [0.25, 0.3) is 11.3 Å². The number of phenols is 1. The van der Waals surface area contributed by atoms with Gasteiger partial charge in [0.2, 0.25) is 0 Å². The maximum Gasteiger partial charge on any atom is 0.339 e. The van der Waals surface area contributed by atoms with Crippen LogP contribution in [0.3, 0.4) is 0 Å². The maximum absolute atomic E-state index is 11.4. The number of amides is 2. The number of furan rings is 1. The van der Waals surface area contributed by atoms with Gasteiger partial charge in [0.15, 0.2) is 0 Å². The molecule has 7 nitrogen and oxygen atoms in total. The molecule has 0 saturated carbocycles. The number of hydrogen-bond acceptors (Lipinski definition) is 6. The van der Waals surface area contributed by atoms with Gasteiger partial charge >= 0.3 is 5.97 Å². The second kappa shape index (κ2) is 6.25. The van der Waals surface area contributed by atoms with Crippen LogP contribution in [0.2, 0.25) is 0 Å². The lowest BCUT2D eigenvalue weighted by atomic mass is 10.1. The minimum Gasteiger partial charge on any atom is -0.507 e. The van der Waals surface area contributed by atoms with E-state index in [1.807, 2.05) is 0 Å². The first kappa shape index (κ1) is 15.9. The lowest BCUT2D eigenvalue weighted by Crippen LogP contribution is -2.17. The van der Waals surface area contributed by atoms with E-state index in [1.54, 1.807) is 24.3 Å². The zero-order valence-electron chi connectivity index (χ0n) is 12.1. The van der Waals surface area contributed by atoms with E-state index in [0.717, 1.165) is 11.8 Å². The van der Waals surface area contributed by atoms with E-state index >= 15 is 0 Å². The van der Waals surface area contributed by atoms with Crippen molar-refractivity contribution in [3.63, 3.8) is 0 Å². The highest BCUT2D eigenvalue weighted by molar-refractivity contribution is 8.18. The fraction of sp³-hybridized carbons (Fsp3) is 0.0625. The number of thioether (sulfide) groups is 1. The Bertz CT molecular complexity index is 882. The summed E-state index contributed by atoms with van der Waals surface area (Å²) >= 11 is 0.830. The Labute approximate surface area is 140 Å². The summed E-state index contributed by atoms with van der Waals surface area (Å²) in [5.41, 5.74) is 0.289. The van der Waals surface area contributed by atoms with Crippen molar-refractivity contribution in [1.82, 2.24) is 5.32 Å². The van der Waals surface area contributed by atoms with Gasteiger partial charge in [0.1, 0.15) is 22.8 Å². The number of carbonyl (C=O) groups excluding carboxylic acids is 2. The lowest BCUT2D eigenvalue weighted by molar-refractivity contribution is -0.115. The maximum atomic E-state index is 11.4. The monoisotopic (exact) mass is 345 g/mol. The number of aromatic hydroxyl groups is 1. The van der Waals surface area contributed by atoms with Gasteiger partial charge in [-0.05, 0) is 42.1 Å². The molecular formula is C16H11NO6S. The molecule has 1 saturated heterocycles. The molecule has 2 aromatic rings. The van der Waals surface area contributed by atoms with Crippen LogP contribution in [0.5, 0.6) is 5.75 Å². The molecule has 0 bridgehead atoms. The number of nitrogens with one attached hydrogen (secondary N) is 1. The van der Waals surface area contributed by atoms with Gasteiger partial charge in [-0.2, -0.15) is 0 Å². The van der Waals surface area contributed by atoms with Gasteiger partial charge in [0, 0.05) is 12.0 Å². The average molecular weight is 345 g/mol. The third kappa shape index (κ3) is 3.18. The minimum absolute atomic E-state index is 0.217. The number of imide groups is 1. The first-order chi connectivity index (χ1) is 11.4. The predicted octanol–water partition coefficient (Wildman–Crippen LogP) is 2.76. The Hall–Kier alpha value is -3.00. The summed E-state index contributed by atoms with van der Waals surface area (Å²) in [6.45, 7) is 0. The van der Waals surface area contributed by atoms with Crippen molar-refractivity contribution in [2.24, 2.45) is 0 Å². The van der Waals surface area contributed by atoms with E-state index in [0.29, 0.717) is 28.4 Å². The summed E-state index contributed by atoms with van der Waals surface area (Å²) in [6, 6.07) is 7.51.